The Morgan fingerprint density at radius 2 is 1.90 bits per heavy atom. The lowest BCUT2D eigenvalue weighted by Gasteiger charge is -2.18. The number of alkyl halides is 3. The molecule has 0 saturated heterocycles. The molecule has 0 N–H and O–H groups in total. The highest BCUT2D eigenvalue weighted by Crippen LogP contribution is 2.40. The molecule has 40 heavy (non-hydrogen) atoms. The minimum Gasteiger partial charge on any atom is -0.263 e. The van der Waals surface area contributed by atoms with Crippen LogP contribution in [0.2, 0.25) is 5.02 Å². The molecule has 0 spiro atoms. The lowest BCUT2D eigenvalue weighted by molar-refractivity contribution is -0.141. The van der Waals surface area contributed by atoms with Crippen molar-refractivity contribution >= 4 is 11.6 Å². The molecule has 1 aromatic carbocycles. The van der Waals surface area contributed by atoms with Gasteiger partial charge in [-0.15, -0.1) is 5.10 Å². The lowest BCUT2D eigenvalue weighted by atomic mass is 10.0. The van der Waals surface area contributed by atoms with E-state index in [1.165, 1.54) is 23.1 Å². The molecular formula is C27H21ClF4N8. The van der Waals surface area contributed by atoms with Crippen molar-refractivity contribution in [2.75, 3.05) is 0 Å². The van der Waals surface area contributed by atoms with E-state index in [-0.39, 0.29) is 16.6 Å². The SMILES string of the molecule is Cc1nn(C(CC2CC2)c2ccc(-c3c(-n4cnnn4)ccc(Cl)c3F)cn2)cc1-c1ccnc(C(F)(F)F)c1. The summed E-state index contributed by atoms with van der Waals surface area (Å²) in [5.74, 6) is -0.129. The number of tetrazole rings is 1. The third kappa shape index (κ3) is 5.06. The van der Waals surface area contributed by atoms with Gasteiger partial charge in [0.25, 0.3) is 0 Å². The molecule has 1 saturated carbocycles. The third-order valence-electron chi connectivity index (χ3n) is 6.94. The lowest BCUT2D eigenvalue weighted by Crippen LogP contribution is -2.14. The van der Waals surface area contributed by atoms with Gasteiger partial charge in [0, 0.05) is 35.3 Å². The largest absolute Gasteiger partial charge is 0.433 e. The molecule has 4 aromatic heterocycles. The van der Waals surface area contributed by atoms with Gasteiger partial charge in [0.1, 0.15) is 12.0 Å². The predicted octanol–water partition coefficient (Wildman–Crippen LogP) is 6.49. The Hall–Kier alpha value is -4.19. The molecule has 0 aliphatic heterocycles. The first kappa shape index (κ1) is 26.1. The van der Waals surface area contributed by atoms with Crippen molar-refractivity contribution in [3.63, 3.8) is 0 Å². The van der Waals surface area contributed by atoms with Gasteiger partial charge in [0.15, 0.2) is 5.82 Å². The van der Waals surface area contributed by atoms with Crippen LogP contribution < -0.4 is 0 Å². The highest BCUT2D eigenvalue weighted by atomic mass is 35.5. The van der Waals surface area contributed by atoms with Gasteiger partial charge in [0.05, 0.1) is 28.1 Å². The zero-order valence-electron chi connectivity index (χ0n) is 21.0. The van der Waals surface area contributed by atoms with Gasteiger partial charge in [-0.05, 0) is 65.6 Å². The summed E-state index contributed by atoms with van der Waals surface area (Å²) in [6, 6.07) is 8.91. The summed E-state index contributed by atoms with van der Waals surface area (Å²) >= 11 is 6.09. The topological polar surface area (TPSA) is 87.2 Å². The van der Waals surface area contributed by atoms with Crippen molar-refractivity contribution < 1.29 is 17.6 Å². The number of aromatic nitrogens is 8. The molecule has 1 aliphatic rings. The number of pyridine rings is 2. The van der Waals surface area contributed by atoms with Gasteiger partial charge in [0.2, 0.25) is 0 Å². The zero-order valence-corrected chi connectivity index (χ0v) is 21.8. The number of halogens is 5. The molecule has 0 amide bonds. The van der Waals surface area contributed by atoms with Crippen LogP contribution in [-0.2, 0) is 6.18 Å². The van der Waals surface area contributed by atoms with E-state index in [2.05, 4.69) is 30.6 Å². The van der Waals surface area contributed by atoms with Crippen LogP contribution in [0.25, 0.3) is 27.9 Å². The number of rotatable bonds is 7. The first-order chi connectivity index (χ1) is 19.2. The molecule has 0 radical (unpaired) electrons. The van der Waals surface area contributed by atoms with E-state index in [1.54, 1.807) is 42.2 Å². The summed E-state index contributed by atoms with van der Waals surface area (Å²) in [4.78, 5) is 8.13. The maximum Gasteiger partial charge on any atom is 0.433 e. The zero-order chi connectivity index (χ0) is 28.0. The van der Waals surface area contributed by atoms with Gasteiger partial charge >= 0.3 is 6.18 Å². The Labute approximate surface area is 230 Å². The third-order valence-corrected chi connectivity index (χ3v) is 7.23. The molecule has 5 aromatic rings. The fourth-order valence-corrected chi connectivity index (χ4v) is 4.90. The summed E-state index contributed by atoms with van der Waals surface area (Å²) in [6.45, 7) is 1.76. The first-order valence-corrected chi connectivity index (χ1v) is 12.8. The van der Waals surface area contributed by atoms with Crippen LogP contribution in [0, 0.1) is 18.7 Å². The van der Waals surface area contributed by atoms with E-state index in [0.29, 0.717) is 39.7 Å². The number of nitrogens with zero attached hydrogens (tertiary/aromatic N) is 8. The maximum atomic E-state index is 15.2. The van der Waals surface area contributed by atoms with Gasteiger partial charge in [-0.2, -0.15) is 23.0 Å². The number of aryl methyl sites for hydroxylation is 1. The van der Waals surface area contributed by atoms with E-state index in [0.717, 1.165) is 31.5 Å². The van der Waals surface area contributed by atoms with Gasteiger partial charge in [-0.1, -0.05) is 30.5 Å². The van der Waals surface area contributed by atoms with Crippen LogP contribution in [0.1, 0.15) is 42.4 Å². The molecule has 1 unspecified atom stereocenters. The van der Waals surface area contributed by atoms with E-state index >= 15 is 4.39 Å². The molecule has 1 aliphatic carbocycles. The van der Waals surface area contributed by atoms with Crippen LogP contribution in [0.15, 0.2) is 61.3 Å². The van der Waals surface area contributed by atoms with Crippen LogP contribution >= 0.6 is 11.6 Å². The summed E-state index contributed by atoms with van der Waals surface area (Å²) < 4.78 is 58.1. The predicted molar refractivity (Wildman–Crippen MR) is 138 cm³/mol. The monoisotopic (exact) mass is 568 g/mol. The molecule has 6 rings (SSSR count). The van der Waals surface area contributed by atoms with Crippen molar-refractivity contribution in [3.05, 3.63) is 89.2 Å². The highest BCUT2D eigenvalue weighted by Gasteiger charge is 2.33. The Kier molecular flexibility index (Phi) is 6.57. The fourth-order valence-electron chi connectivity index (χ4n) is 4.74. The highest BCUT2D eigenvalue weighted by molar-refractivity contribution is 6.31. The van der Waals surface area contributed by atoms with Crippen LogP contribution in [0.3, 0.4) is 0 Å². The van der Waals surface area contributed by atoms with Crippen LogP contribution in [0.5, 0.6) is 0 Å². The van der Waals surface area contributed by atoms with Crippen molar-refractivity contribution in [1.82, 2.24) is 40.0 Å². The summed E-state index contributed by atoms with van der Waals surface area (Å²) in [5.41, 5.74) is 2.37. The Bertz CT molecular complexity index is 1660. The second kappa shape index (κ2) is 10.1. The normalized spacial score (nSPS) is 14.4. The standard InChI is InChI=1S/C27H21ClF4N8/c1-15-19(17-8-9-33-24(11-17)27(30,31)32)13-39(36-15)23(10-16-2-3-16)21-6-4-18(12-34-21)25-22(40-14-35-37-38-40)7-5-20(28)26(25)29/h4-9,11-14,16,23H,2-3,10H2,1H3. The van der Waals surface area contributed by atoms with E-state index in [1.807, 2.05) is 0 Å². The van der Waals surface area contributed by atoms with E-state index < -0.39 is 17.7 Å². The molecule has 1 fully saturated rings. The Morgan fingerprint density at radius 1 is 1.07 bits per heavy atom. The van der Waals surface area contributed by atoms with E-state index in [4.69, 9.17) is 11.6 Å². The summed E-state index contributed by atoms with van der Waals surface area (Å²) in [6.07, 6.45) is 4.21. The average molecular weight is 569 g/mol. The van der Waals surface area contributed by atoms with Crippen LogP contribution in [-0.4, -0.2) is 40.0 Å². The molecule has 8 nitrogen and oxygen atoms in total. The second-order valence-corrected chi connectivity index (χ2v) is 10.1. The van der Waals surface area contributed by atoms with Gasteiger partial charge in [-0.25, -0.2) is 4.39 Å². The first-order valence-electron chi connectivity index (χ1n) is 12.5. The smallest absolute Gasteiger partial charge is 0.263 e. The molecule has 13 heteroatoms. The molecule has 4 heterocycles. The van der Waals surface area contributed by atoms with Gasteiger partial charge < -0.3 is 0 Å². The van der Waals surface area contributed by atoms with Crippen molar-refractivity contribution in [2.24, 2.45) is 5.92 Å². The number of hydrogen-bond donors (Lipinski definition) is 0. The Balaban J connectivity index is 1.37. The maximum absolute atomic E-state index is 15.2. The minimum absolute atomic E-state index is 0.0492. The van der Waals surface area contributed by atoms with Crippen molar-refractivity contribution in [1.29, 1.82) is 0 Å². The second-order valence-electron chi connectivity index (χ2n) is 9.71. The molecule has 0 bridgehead atoms. The van der Waals surface area contributed by atoms with E-state index in [9.17, 15) is 13.2 Å². The number of benzene rings is 1. The average Bonchev–Trinajstić information content (AvgIpc) is 3.43. The number of hydrogen-bond acceptors (Lipinski definition) is 6. The van der Waals surface area contributed by atoms with Gasteiger partial charge in [-0.3, -0.25) is 14.6 Å². The molecule has 204 valence electrons. The van der Waals surface area contributed by atoms with Crippen LogP contribution in [0.4, 0.5) is 17.6 Å². The quantitative estimate of drug-likeness (QED) is 0.209. The summed E-state index contributed by atoms with van der Waals surface area (Å²) in [7, 11) is 0. The fraction of sp³-hybridized carbons (Fsp3) is 0.259. The van der Waals surface area contributed by atoms with Crippen molar-refractivity contribution in [3.8, 4) is 27.9 Å². The minimum atomic E-state index is -4.55. The molecule has 1 atom stereocenters. The van der Waals surface area contributed by atoms with Crippen molar-refractivity contribution in [2.45, 2.75) is 38.4 Å². The Morgan fingerprint density at radius 3 is 2.58 bits per heavy atom. The summed E-state index contributed by atoms with van der Waals surface area (Å²) in [5, 5.41) is 15.7. The molecular weight excluding hydrogens is 548 g/mol.